The zero-order valence-electron chi connectivity index (χ0n) is 6.39. The lowest BCUT2D eigenvalue weighted by Crippen LogP contribution is -2.23. The summed E-state index contributed by atoms with van der Waals surface area (Å²) in [6.45, 7) is 1.92. The van der Waals surface area contributed by atoms with E-state index in [1.54, 1.807) is 6.92 Å². The molecule has 0 aromatic rings. The third-order valence-corrected chi connectivity index (χ3v) is 1.14. The molecule has 0 saturated carbocycles. The predicted octanol–water partition coefficient (Wildman–Crippen LogP) is -0.339. The van der Waals surface area contributed by atoms with Crippen molar-refractivity contribution in [2.75, 3.05) is 6.61 Å². The summed E-state index contributed by atoms with van der Waals surface area (Å²) in [6.07, 6.45) is 1.13. The number of ether oxygens (including phenoxy) is 1. The molecule has 1 aliphatic rings. The SMILES string of the molecule is CCOC(=O)C1=NC=NC1=[N+]=[N-]. The molecule has 6 heteroatoms. The third kappa shape index (κ3) is 1.43. The van der Waals surface area contributed by atoms with E-state index >= 15 is 0 Å². The van der Waals surface area contributed by atoms with Crippen LogP contribution < -0.4 is 0 Å². The minimum absolute atomic E-state index is 0.0700. The summed E-state index contributed by atoms with van der Waals surface area (Å²) in [7, 11) is 0. The highest BCUT2D eigenvalue weighted by Gasteiger charge is 2.29. The van der Waals surface area contributed by atoms with Crippen LogP contribution in [0.3, 0.4) is 0 Å². The molecule has 6 nitrogen and oxygen atoms in total. The number of hydrogen-bond acceptors (Lipinski definition) is 3. The number of carbonyl (C=O) groups excluding carboxylic acids is 1. The van der Waals surface area contributed by atoms with Gasteiger partial charge in [0, 0.05) is 0 Å². The summed E-state index contributed by atoms with van der Waals surface area (Å²) < 4.78 is 4.62. The molecule has 0 amide bonds. The first kappa shape index (κ1) is 8.29. The van der Waals surface area contributed by atoms with Gasteiger partial charge in [0.1, 0.15) is 0 Å². The highest BCUT2D eigenvalue weighted by atomic mass is 16.5. The van der Waals surface area contributed by atoms with Crippen LogP contribution in [-0.2, 0) is 9.53 Å². The van der Waals surface area contributed by atoms with Crippen LogP contribution in [0.25, 0.3) is 5.53 Å². The highest BCUT2D eigenvalue weighted by Crippen LogP contribution is 1.94. The van der Waals surface area contributed by atoms with Crippen molar-refractivity contribution in [1.29, 1.82) is 0 Å². The molecule has 0 N–H and O–H groups in total. The van der Waals surface area contributed by atoms with Crippen LogP contribution in [0, 0.1) is 0 Å². The molecule has 1 heterocycles. The van der Waals surface area contributed by atoms with Gasteiger partial charge in [-0.3, -0.25) is 0 Å². The molecule has 0 saturated heterocycles. The fraction of sp³-hybridized carbons (Fsp3) is 0.333. The fourth-order valence-corrected chi connectivity index (χ4v) is 0.677. The van der Waals surface area contributed by atoms with Crippen LogP contribution in [0.1, 0.15) is 6.92 Å². The standard InChI is InChI=1S/C6H6N4O2/c1-2-12-6(11)4-5(10-7)9-3-8-4/h3H,2H2,1H3. The number of nitrogens with zero attached hydrogens (tertiary/aromatic N) is 4. The Balaban J connectivity index is 2.79. The zero-order chi connectivity index (χ0) is 8.97. The Labute approximate surface area is 68.2 Å². The Hall–Kier alpha value is -1.81. The van der Waals surface area contributed by atoms with E-state index in [0.29, 0.717) is 0 Å². The van der Waals surface area contributed by atoms with E-state index < -0.39 is 5.97 Å². The van der Waals surface area contributed by atoms with Gasteiger partial charge in [-0.1, -0.05) is 0 Å². The molecular weight excluding hydrogens is 160 g/mol. The molecule has 0 aromatic carbocycles. The van der Waals surface area contributed by atoms with E-state index in [0.717, 1.165) is 6.34 Å². The maximum Gasteiger partial charge on any atom is 0.436 e. The number of esters is 1. The summed E-state index contributed by atoms with van der Waals surface area (Å²) >= 11 is 0. The van der Waals surface area contributed by atoms with Crippen molar-refractivity contribution in [2.45, 2.75) is 6.92 Å². The largest absolute Gasteiger partial charge is 0.497 e. The first-order chi connectivity index (χ1) is 5.79. The van der Waals surface area contributed by atoms with Gasteiger partial charge in [-0.05, 0) is 11.9 Å². The first-order valence-corrected chi connectivity index (χ1v) is 3.29. The minimum atomic E-state index is -0.636. The van der Waals surface area contributed by atoms with E-state index in [-0.39, 0.29) is 18.2 Å². The van der Waals surface area contributed by atoms with Gasteiger partial charge in [0.15, 0.2) is 0 Å². The summed E-state index contributed by atoms with van der Waals surface area (Å²) in [5, 5.41) is 0. The number of aliphatic imine (C=N–C) groups is 2. The fourth-order valence-electron chi connectivity index (χ4n) is 0.677. The second-order valence-corrected chi connectivity index (χ2v) is 1.87. The Kier molecular flexibility index (Phi) is 2.45. The number of rotatable bonds is 2. The van der Waals surface area contributed by atoms with Gasteiger partial charge in [-0.15, -0.1) is 0 Å². The maximum atomic E-state index is 11.0. The van der Waals surface area contributed by atoms with E-state index in [9.17, 15) is 4.79 Å². The molecule has 0 bridgehead atoms. The van der Waals surface area contributed by atoms with Gasteiger partial charge in [0.25, 0.3) is 5.71 Å². The van der Waals surface area contributed by atoms with Crippen molar-refractivity contribution in [3.63, 3.8) is 0 Å². The smallest absolute Gasteiger partial charge is 0.436 e. The Morgan fingerprint density at radius 2 is 2.58 bits per heavy atom. The molecule has 1 rings (SSSR count). The van der Waals surface area contributed by atoms with Crippen LogP contribution in [0.4, 0.5) is 0 Å². The summed E-state index contributed by atoms with van der Waals surface area (Å²) in [4.78, 5) is 20.8. The molecule has 0 fully saturated rings. The molecule has 0 unspecified atom stereocenters. The van der Waals surface area contributed by atoms with Gasteiger partial charge in [-0.25, -0.2) is 4.79 Å². The summed E-state index contributed by atoms with van der Waals surface area (Å²) in [6, 6.07) is 0. The van der Waals surface area contributed by atoms with Gasteiger partial charge < -0.3 is 15.1 Å². The molecule has 0 aromatic heterocycles. The first-order valence-electron chi connectivity index (χ1n) is 3.29. The molecule has 62 valence electrons. The predicted molar refractivity (Wildman–Crippen MR) is 41.2 cm³/mol. The molecule has 0 aliphatic carbocycles. The molecule has 1 aliphatic heterocycles. The van der Waals surface area contributed by atoms with Gasteiger partial charge in [-0.2, -0.15) is 4.99 Å². The van der Waals surface area contributed by atoms with E-state index in [1.165, 1.54) is 0 Å². The third-order valence-electron chi connectivity index (χ3n) is 1.14. The second-order valence-electron chi connectivity index (χ2n) is 1.87. The lowest BCUT2D eigenvalue weighted by molar-refractivity contribution is -0.134. The summed E-state index contributed by atoms with van der Waals surface area (Å²) in [5.41, 5.74) is 8.27. The van der Waals surface area contributed by atoms with Crippen LogP contribution in [0.2, 0.25) is 0 Å². The number of amidine groups is 1. The lowest BCUT2D eigenvalue weighted by atomic mass is 10.3. The van der Waals surface area contributed by atoms with Gasteiger partial charge in [0.2, 0.25) is 6.34 Å². The Morgan fingerprint density at radius 3 is 3.17 bits per heavy atom. The quantitative estimate of drug-likeness (QED) is 0.319. The van der Waals surface area contributed by atoms with Crippen LogP contribution >= 0.6 is 0 Å². The normalized spacial score (nSPS) is 14.1. The van der Waals surface area contributed by atoms with Gasteiger partial charge >= 0.3 is 11.8 Å². The molecule has 12 heavy (non-hydrogen) atoms. The molecule has 0 atom stereocenters. The van der Waals surface area contributed by atoms with Crippen molar-refractivity contribution in [3.05, 3.63) is 5.53 Å². The highest BCUT2D eigenvalue weighted by molar-refractivity contribution is 6.66. The average Bonchev–Trinajstić information content (AvgIpc) is 2.51. The summed E-state index contributed by atoms with van der Waals surface area (Å²) in [5.74, 6) is -0.753. The van der Waals surface area contributed by atoms with Crippen molar-refractivity contribution in [2.24, 2.45) is 9.98 Å². The second kappa shape index (κ2) is 3.54. The molecule has 0 spiro atoms. The monoisotopic (exact) mass is 166 g/mol. The van der Waals surface area contributed by atoms with E-state index in [1.807, 2.05) is 0 Å². The molecule has 0 radical (unpaired) electrons. The van der Waals surface area contributed by atoms with Gasteiger partial charge in [0.05, 0.1) is 6.61 Å². The zero-order valence-corrected chi connectivity index (χ0v) is 6.39. The lowest BCUT2D eigenvalue weighted by Gasteiger charge is -1.95. The molecular formula is C6H6N4O2. The van der Waals surface area contributed by atoms with Crippen LogP contribution in [0.15, 0.2) is 9.98 Å². The van der Waals surface area contributed by atoms with Crippen LogP contribution in [0.5, 0.6) is 0 Å². The van der Waals surface area contributed by atoms with Crippen molar-refractivity contribution >= 4 is 23.9 Å². The van der Waals surface area contributed by atoms with Crippen molar-refractivity contribution < 1.29 is 14.3 Å². The van der Waals surface area contributed by atoms with Crippen molar-refractivity contribution in [3.8, 4) is 0 Å². The topological polar surface area (TPSA) is 87.4 Å². The number of hydrogen-bond donors (Lipinski definition) is 0. The minimum Gasteiger partial charge on any atom is -0.497 e. The van der Waals surface area contributed by atoms with E-state index in [2.05, 4.69) is 19.5 Å². The average molecular weight is 166 g/mol. The van der Waals surface area contributed by atoms with Crippen molar-refractivity contribution in [1.82, 2.24) is 0 Å². The Bertz CT molecular complexity index is 312. The Morgan fingerprint density at radius 1 is 1.83 bits per heavy atom. The number of carbonyl (C=O) groups is 1. The maximum absolute atomic E-state index is 11.0. The van der Waals surface area contributed by atoms with Crippen LogP contribution in [-0.4, -0.2) is 35.3 Å². The van der Waals surface area contributed by atoms with E-state index in [4.69, 9.17) is 5.53 Å².